The Morgan fingerprint density at radius 2 is 2.04 bits per heavy atom. The highest BCUT2D eigenvalue weighted by atomic mass is 32.2. The van der Waals surface area contributed by atoms with E-state index in [-0.39, 0.29) is 18.2 Å². The topological polar surface area (TPSA) is 99.8 Å². The number of hydrogen-bond acceptors (Lipinski definition) is 6. The molecule has 0 atom stereocenters. The zero-order chi connectivity index (χ0) is 17.5. The first-order chi connectivity index (χ1) is 12.2. The van der Waals surface area contributed by atoms with Crippen LogP contribution in [0, 0.1) is 0 Å². The summed E-state index contributed by atoms with van der Waals surface area (Å²) in [5, 5.41) is 16.4. The Bertz CT molecular complexity index is 817. The molecule has 0 aliphatic rings. The number of nitrogens with one attached hydrogen (secondary N) is 3. The Hall–Kier alpha value is -2.65. The van der Waals surface area contributed by atoms with Crippen LogP contribution in [-0.4, -0.2) is 33.5 Å². The molecule has 0 fully saturated rings. The van der Waals surface area contributed by atoms with Crippen molar-refractivity contribution in [1.82, 2.24) is 20.5 Å². The molecule has 0 saturated carbocycles. The molecule has 0 saturated heterocycles. The van der Waals surface area contributed by atoms with Gasteiger partial charge in [0.1, 0.15) is 6.33 Å². The maximum atomic E-state index is 11.9. The number of carbonyl (C=O) groups excluding carboxylic acids is 2. The van der Waals surface area contributed by atoms with Gasteiger partial charge < -0.3 is 10.6 Å². The van der Waals surface area contributed by atoms with Gasteiger partial charge in [-0.15, -0.1) is 0 Å². The molecule has 3 N–H and O–H groups in total. The molecule has 0 aliphatic heterocycles. The van der Waals surface area contributed by atoms with Gasteiger partial charge in [-0.2, -0.15) is 16.4 Å². The molecule has 2 aromatic heterocycles. The molecule has 0 bridgehead atoms. The molecule has 2 amide bonds. The van der Waals surface area contributed by atoms with Crippen molar-refractivity contribution >= 4 is 40.6 Å². The number of hydrogen-bond donors (Lipinski definition) is 3. The van der Waals surface area contributed by atoms with Gasteiger partial charge in [-0.3, -0.25) is 14.7 Å². The Kier molecular flexibility index (Phi) is 5.81. The summed E-state index contributed by atoms with van der Waals surface area (Å²) in [5.41, 5.74) is 1.32. The molecule has 1 aromatic carbocycles. The van der Waals surface area contributed by atoms with Crippen LogP contribution < -0.4 is 10.6 Å². The van der Waals surface area contributed by atoms with Gasteiger partial charge in [0.2, 0.25) is 5.91 Å². The van der Waals surface area contributed by atoms with Crippen molar-refractivity contribution in [3.05, 3.63) is 53.0 Å². The van der Waals surface area contributed by atoms with Crippen molar-refractivity contribution in [2.24, 2.45) is 0 Å². The van der Waals surface area contributed by atoms with Crippen molar-refractivity contribution in [3.63, 3.8) is 0 Å². The lowest BCUT2D eigenvalue weighted by molar-refractivity contribution is -0.116. The number of nitrogens with zero attached hydrogens (tertiary/aromatic N) is 2. The summed E-state index contributed by atoms with van der Waals surface area (Å²) in [7, 11) is 0. The number of H-pyrrole nitrogens is 1. The van der Waals surface area contributed by atoms with Crippen molar-refractivity contribution in [3.8, 4) is 0 Å². The van der Waals surface area contributed by atoms with Crippen LogP contribution >= 0.6 is 23.1 Å². The van der Waals surface area contributed by atoms with Gasteiger partial charge in [0.05, 0.1) is 0 Å². The van der Waals surface area contributed by atoms with E-state index in [4.69, 9.17) is 0 Å². The first kappa shape index (κ1) is 17.2. The van der Waals surface area contributed by atoms with Gasteiger partial charge in [0.25, 0.3) is 5.91 Å². The third-order valence-corrected chi connectivity index (χ3v) is 4.75. The van der Waals surface area contributed by atoms with E-state index in [9.17, 15) is 9.59 Å². The summed E-state index contributed by atoms with van der Waals surface area (Å²) >= 11 is 2.91. The summed E-state index contributed by atoms with van der Waals surface area (Å²) in [6, 6.07) is 9.17. The molecule has 7 nitrogen and oxygen atoms in total. The second-order valence-electron chi connectivity index (χ2n) is 4.98. The summed E-state index contributed by atoms with van der Waals surface area (Å²) in [5.74, 6) is -0.316. The number of carbonyl (C=O) groups is 2. The predicted molar refractivity (Wildman–Crippen MR) is 96.8 cm³/mol. The fourth-order valence-electron chi connectivity index (χ4n) is 1.97. The van der Waals surface area contributed by atoms with E-state index in [1.54, 1.807) is 11.4 Å². The normalized spacial score (nSPS) is 10.4. The average molecular weight is 373 g/mol. The molecule has 3 rings (SSSR count). The fourth-order valence-corrected chi connectivity index (χ4v) is 3.30. The van der Waals surface area contributed by atoms with E-state index in [1.165, 1.54) is 29.4 Å². The minimum Gasteiger partial charge on any atom is -0.351 e. The van der Waals surface area contributed by atoms with E-state index in [2.05, 4.69) is 25.8 Å². The highest BCUT2D eigenvalue weighted by Gasteiger charge is 2.07. The fraction of sp³-hybridized carbons (Fsp3) is 0.125. The maximum Gasteiger partial charge on any atom is 0.252 e. The third kappa shape index (κ3) is 5.16. The van der Waals surface area contributed by atoms with Gasteiger partial charge in [-0.25, -0.2) is 4.98 Å². The number of anilines is 1. The molecular weight excluding hydrogens is 358 g/mol. The van der Waals surface area contributed by atoms with E-state index < -0.39 is 0 Å². The minimum atomic E-state index is -0.164. The molecule has 0 aliphatic carbocycles. The summed E-state index contributed by atoms with van der Waals surface area (Å²) in [4.78, 5) is 28.7. The lowest BCUT2D eigenvalue weighted by Crippen LogP contribution is -2.27. The quantitative estimate of drug-likeness (QED) is 0.591. The van der Waals surface area contributed by atoms with E-state index in [0.29, 0.717) is 23.0 Å². The average Bonchev–Trinajstić information content (AvgIpc) is 3.30. The molecular formula is C16H15N5O2S2. The SMILES string of the molecule is O=C(CCNC(=O)c1ccsc1)Nc1ccc(Sc2ncn[nH]2)cc1. The van der Waals surface area contributed by atoms with Crippen LogP contribution in [0.2, 0.25) is 0 Å². The Labute approximate surface area is 152 Å². The van der Waals surface area contributed by atoms with Crippen molar-refractivity contribution in [2.45, 2.75) is 16.5 Å². The van der Waals surface area contributed by atoms with Crippen LogP contribution in [0.3, 0.4) is 0 Å². The Balaban J connectivity index is 1.42. The number of rotatable bonds is 7. The monoisotopic (exact) mass is 373 g/mol. The maximum absolute atomic E-state index is 11.9. The van der Waals surface area contributed by atoms with Gasteiger partial charge in [-0.05, 0) is 35.7 Å². The van der Waals surface area contributed by atoms with Crippen LogP contribution in [0.25, 0.3) is 0 Å². The van der Waals surface area contributed by atoms with E-state index in [0.717, 1.165) is 4.90 Å². The standard InChI is InChI=1S/C16H15N5O2S2/c22-14(5-7-17-15(23)11-6-8-24-9-11)20-12-1-3-13(4-2-12)25-16-18-10-19-21-16/h1-4,6,8-10H,5,7H2,(H,17,23)(H,20,22)(H,18,19,21). The first-order valence-electron chi connectivity index (χ1n) is 7.44. The molecule has 0 spiro atoms. The zero-order valence-corrected chi connectivity index (χ0v) is 14.7. The zero-order valence-electron chi connectivity index (χ0n) is 13.1. The first-order valence-corrected chi connectivity index (χ1v) is 9.20. The van der Waals surface area contributed by atoms with E-state index in [1.807, 2.05) is 29.6 Å². The van der Waals surface area contributed by atoms with Crippen molar-refractivity contribution < 1.29 is 9.59 Å². The predicted octanol–water partition coefficient (Wildman–Crippen LogP) is 2.78. The smallest absolute Gasteiger partial charge is 0.252 e. The molecule has 9 heteroatoms. The lowest BCUT2D eigenvalue weighted by atomic mass is 10.3. The van der Waals surface area contributed by atoms with Crippen LogP contribution in [0.4, 0.5) is 5.69 Å². The van der Waals surface area contributed by atoms with Gasteiger partial charge in [0, 0.05) is 34.5 Å². The summed E-state index contributed by atoms with van der Waals surface area (Å²) in [6.07, 6.45) is 1.67. The number of aromatic nitrogens is 3. The van der Waals surface area contributed by atoms with Gasteiger partial charge >= 0.3 is 0 Å². The van der Waals surface area contributed by atoms with E-state index >= 15 is 0 Å². The van der Waals surface area contributed by atoms with Gasteiger partial charge in [0.15, 0.2) is 5.16 Å². The molecule has 2 heterocycles. The second-order valence-corrected chi connectivity index (χ2v) is 6.83. The third-order valence-electron chi connectivity index (χ3n) is 3.17. The molecule has 0 radical (unpaired) electrons. The highest BCUT2D eigenvalue weighted by Crippen LogP contribution is 2.25. The number of aromatic amines is 1. The number of amides is 2. The van der Waals surface area contributed by atoms with Crippen LogP contribution in [0.1, 0.15) is 16.8 Å². The number of benzene rings is 1. The second kappa shape index (κ2) is 8.45. The molecule has 0 unspecified atom stereocenters. The number of thiophene rings is 1. The summed E-state index contributed by atoms with van der Waals surface area (Å²) in [6.45, 7) is 0.292. The Morgan fingerprint density at radius 3 is 2.72 bits per heavy atom. The summed E-state index contributed by atoms with van der Waals surface area (Å²) < 4.78 is 0. The lowest BCUT2D eigenvalue weighted by Gasteiger charge is -2.07. The molecule has 25 heavy (non-hydrogen) atoms. The van der Waals surface area contributed by atoms with Crippen molar-refractivity contribution in [1.29, 1.82) is 0 Å². The molecule has 128 valence electrons. The highest BCUT2D eigenvalue weighted by molar-refractivity contribution is 7.99. The minimum absolute atomic E-state index is 0.152. The molecule has 3 aromatic rings. The Morgan fingerprint density at radius 1 is 1.20 bits per heavy atom. The van der Waals surface area contributed by atoms with Crippen LogP contribution in [-0.2, 0) is 4.79 Å². The van der Waals surface area contributed by atoms with Crippen LogP contribution in [0.5, 0.6) is 0 Å². The largest absolute Gasteiger partial charge is 0.351 e. The van der Waals surface area contributed by atoms with Gasteiger partial charge in [-0.1, -0.05) is 11.8 Å². The van der Waals surface area contributed by atoms with Crippen molar-refractivity contribution in [2.75, 3.05) is 11.9 Å². The van der Waals surface area contributed by atoms with Crippen LogP contribution in [0.15, 0.2) is 57.5 Å².